The van der Waals surface area contributed by atoms with E-state index >= 15 is 0 Å². The Morgan fingerprint density at radius 2 is 1.60 bits per heavy atom. The van der Waals surface area contributed by atoms with Crippen LogP contribution in [-0.4, -0.2) is 18.6 Å². The van der Waals surface area contributed by atoms with Crippen LogP contribution in [0.3, 0.4) is 0 Å². The molecule has 1 amide bonds. The highest BCUT2D eigenvalue weighted by Crippen LogP contribution is 2.15. The van der Waals surface area contributed by atoms with Crippen molar-refractivity contribution in [1.29, 1.82) is 0 Å². The molecular formula is C21H26ClNO2. The van der Waals surface area contributed by atoms with Crippen LogP contribution in [0, 0.1) is 0 Å². The largest absolute Gasteiger partial charge is 0.491 e. The molecule has 0 fully saturated rings. The third kappa shape index (κ3) is 7.61. The smallest absolute Gasteiger partial charge is 0.220 e. The average molecular weight is 360 g/mol. The second-order valence-electron chi connectivity index (χ2n) is 6.39. The average Bonchev–Trinajstić information content (AvgIpc) is 2.59. The first kappa shape index (κ1) is 19.3. The minimum absolute atomic E-state index is 0.0932. The van der Waals surface area contributed by atoms with Gasteiger partial charge in [0.05, 0.1) is 6.10 Å². The fraction of sp³-hybridized carbons (Fsp3) is 0.381. The first-order valence-corrected chi connectivity index (χ1v) is 9.17. The summed E-state index contributed by atoms with van der Waals surface area (Å²) in [7, 11) is 0. The number of halogens is 1. The molecule has 1 N–H and O–H groups in total. The number of benzene rings is 2. The molecular weight excluding hydrogens is 334 g/mol. The molecule has 0 unspecified atom stereocenters. The van der Waals surface area contributed by atoms with Crippen LogP contribution >= 0.6 is 11.6 Å². The summed E-state index contributed by atoms with van der Waals surface area (Å²) in [4.78, 5) is 11.9. The number of hydrogen-bond acceptors (Lipinski definition) is 2. The van der Waals surface area contributed by atoms with Crippen LogP contribution in [0.4, 0.5) is 0 Å². The molecule has 4 heteroatoms. The van der Waals surface area contributed by atoms with Gasteiger partial charge < -0.3 is 10.1 Å². The Labute approximate surface area is 155 Å². The molecule has 134 valence electrons. The molecule has 0 aromatic heterocycles. The summed E-state index contributed by atoms with van der Waals surface area (Å²) in [6, 6.07) is 15.8. The first-order chi connectivity index (χ1) is 12.0. The van der Waals surface area contributed by atoms with E-state index in [-0.39, 0.29) is 12.0 Å². The van der Waals surface area contributed by atoms with E-state index in [9.17, 15) is 4.79 Å². The van der Waals surface area contributed by atoms with Crippen molar-refractivity contribution >= 4 is 17.5 Å². The van der Waals surface area contributed by atoms with Gasteiger partial charge in [0.25, 0.3) is 0 Å². The number of nitrogens with one attached hydrogen (secondary N) is 1. The summed E-state index contributed by atoms with van der Waals surface area (Å²) in [6.45, 7) is 4.73. The third-order valence-corrected chi connectivity index (χ3v) is 4.07. The SMILES string of the molecule is CC(C)Oc1ccc(CCCNC(=O)CCc2ccc(Cl)cc2)cc1. The minimum atomic E-state index is 0.0932. The van der Waals surface area contributed by atoms with Gasteiger partial charge in [0.15, 0.2) is 0 Å². The Kier molecular flexibility index (Phi) is 7.80. The van der Waals surface area contributed by atoms with E-state index in [2.05, 4.69) is 17.4 Å². The predicted octanol–water partition coefficient (Wildman–Crippen LogP) is 4.81. The van der Waals surface area contributed by atoms with Crippen LogP contribution in [0.2, 0.25) is 5.02 Å². The normalized spacial score (nSPS) is 10.7. The van der Waals surface area contributed by atoms with E-state index in [0.717, 1.165) is 35.6 Å². The molecule has 3 nitrogen and oxygen atoms in total. The van der Waals surface area contributed by atoms with Gasteiger partial charge in [0, 0.05) is 18.0 Å². The highest BCUT2D eigenvalue weighted by atomic mass is 35.5. The molecule has 0 heterocycles. The molecule has 0 spiro atoms. The fourth-order valence-corrected chi connectivity index (χ4v) is 2.65. The van der Waals surface area contributed by atoms with Crippen molar-refractivity contribution in [2.24, 2.45) is 0 Å². The van der Waals surface area contributed by atoms with Gasteiger partial charge in [-0.05, 0) is 68.5 Å². The highest BCUT2D eigenvalue weighted by Gasteiger charge is 2.03. The van der Waals surface area contributed by atoms with Crippen molar-refractivity contribution in [2.75, 3.05) is 6.54 Å². The summed E-state index contributed by atoms with van der Waals surface area (Å²) < 4.78 is 5.63. The molecule has 0 aliphatic heterocycles. The Morgan fingerprint density at radius 1 is 1.00 bits per heavy atom. The van der Waals surface area contributed by atoms with Gasteiger partial charge in [-0.1, -0.05) is 35.9 Å². The van der Waals surface area contributed by atoms with Gasteiger partial charge in [-0.15, -0.1) is 0 Å². The zero-order valence-corrected chi connectivity index (χ0v) is 15.7. The summed E-state index contributed by atoms with van der Waals surface area (Å²) in [6.07, 6.45) is 3.30. The molecule has 2 aromatic carbocycles. The lowest BCUT2D eigenvalue weighted by Gasteiger charge is -2.10. The van der Waals surface area contributed by atoms with E-state index in [4.69, 9.17) is 16.3 Å². The molecule has 0 atom stereocenters. The maximum atomic E-state index is 11.9. The van der Waals surface area contributed by atoms with E-state index in [1.807, 2.05) is 50.2 Å². The van der Waals surface area contributed by atoms with Crippen molar-refractivity contribution in [1.82, 2.24) is 5.32 Å². The number of carbonyl (C=O) groups is 1. The lowest BCUT2D eigenvalue weighted by molar-refractivity contribution is -0.121. The van der Waals surface area contributed by atoms with Crippen molar-refractivity contribution in [3.05, 3.63) is 64.7 Å². The Morgan fingerprint density at radius 3 is 2.24 bits per heavy atom. The van der Waals surface area contributed by atoms with Gasteiger partial charge in [-0.25, -0.2) is 0 Å². The molecule has 2 rings (SSSR count). The molecule has 0 saturated heterocycles. The second-order valence-corrected chi connectivity index (χ2v) is 6.83. The molecule has 0 aliphatic carbocycles. The monoisotopic (exact) mass is 359 g/mol. The first-order valence-electron chi connectivity index (χ1n) is 8.79. The molecule has 25 heavy (non-hydrogen) atoms. The molecule has 0 aliphatic rings. The van der Waals surface area contributed by atoms with Crippen LogP contribution in [-0.2, 0) is 17.6 Å². The number of rotatable bonds is 9. The van der Waals surface area contributed by atoms with E-state index < -0.39 is 0 Å². The Balaban J connectivity index is 1.61. The number of amides is 1. The zero-order chi connectivity index (χ0) is 18.1. The minimum Gasteiger partial charge on any atom is -0.491 e. The van der Waals surface area contributed by atoms with E-state index in [0.29, 0.717) is 13.0 Å². The lowest BCUT2D eigenvalue weighted by atomic mass is 10.1. The predicted molar refractivity (Wildman–Crippen MR) is 103 cm³/mol. The Hall–Kier alpha value is -2.00. The maximum absolute atomic E-state index is 11.9. The third-order valence-electron chi connectivity index (χ3n) is 3.81. The van der Waals surface area contributed by atoms with Crippen LogP contribution < -0.4 is 10.1 Å². The highest BCUT2D eigenvalue weighted by molar-refractivity contribution is 6.30. The topological polar surface area (TPSA) is 38.3 Å². The van der Waals surface area contributed by atoms with Gasteiger partial charge >= 0.3 is 0 Å². The van der Waals surface area contributed by atoms with Gasteiger partial charge in [0.1, 0.15) is 5.75 Å². The lowest BCUT2D eigenvalue weighted by Crippen LogP contribution is -2.24. The van der Waals surface area contributed by atoms with Gasteiger partial charge in [0.2, 0.25) is 5.91 Å². The summed E-state index contributed by atoms with van der Waals surface area (Å²) in [5, 5.41) is 3.70. The fourth-order valence-electron chi connectivity index (χ4n) is 2.52. The van der Waals surface area contributed by atoms with Crippen molar-refractivity contribution in [3.63, 3.8) is 0 Å². The van der Waals surface area contributed by atoms with Gasteiger partial charge in [-0.2, -0.15) is 0 Å². The van der Waals surface area contributed by atoms with Crippen LogP contribution in [0.15, 0.2) is 48.5 Å². The Bertz CT molecular complexity index is 651. The quantitative estimate of drug-likeness (QED) is 0.652. The summed E-state index contributed by atoms with van der Waals surface area (Å²) in [5.74, 6) is 0.991. The maximum Gasteiger partial charge on any atom is 0.220 e. The van der Waals surface area contributed by atoms with Crippen molar-refractivity contribution in [3.8, 4) is 5.75 Å². The molecule has 0 radical (unpaired) electrons. The molecule has 0 saturated carbocycles. The van der Waals surface area contributed by atoms with Crippen LogP contribution in [0.25, 0.3) is 0 Å². The standard InChI is InChI=1S/C21H26ClNO2/c1-16(2)25-20-12-7-17(8-13-20)4-3-15-23-21(24)14-9-18-5-10-19(22)11-6-18/h5-8,10-13,16H,3-4,9,14-15H2,1-2H3,(H,23,24). The summed E-state index contributed by atoms with van der Waals surface area (Å²) in [5.41, 5.74) is 2.38. The second kappa shape index (κ2) is 10.1. The number of aryl methyl sites for hydroxylation is 2. The molecule has 2 aromatic rings. The van der Waals surface area contributed by atoms with Crippen molar-refractivity contribution < 1.29 is 9.53 Å². The van der Waals surface area contributed by atoms with Crippen LogP contribution in [0.5, 0.6) is 5.75 Å². The van der Waals surface area contributed by atoms with E-state index in [1.54, 1.807) is 0 Å². The summed E-state index contributed by atoms with van der Waals surface area (Å²) >= 11 is 5.85. The van der Waals surface area contributed by atoms with Crippen molar-refractivity contribution in [2.45, 2.75) is 45.6 Å². The van der Waals surface area contributed by atoms with Crippen LogP contribution in [0.1, 0.15) is 37.8 Å². The van der Waals surface area contributed by atoms with Gasteiger partial charge in [-0.3, -0.25) is 4.79 Å². The number of hydrogen-bond donors (Lipinski definition) is 1. The zero-order valence-electron chi connectivity index (χ0n) is 14.9. The number of carbonyl (C=O) groups excluding carboxylic acids is 1. The molecule has 0 bridgehead atoms. The van der Waals surface area contributed by atoms with E-state index in [1.165, 1.54) is 5.56 Å². The number of ether oxygens (including phenoxy) is 1.